The van der Waals surface area contributed by atoms with Crippen LogP contribution in [0.2, 0.25) is 0 Å². The van der Waals surface area contributed by atoms with Gasteiger partial charge in [-0.2, -0.15) is 0 Å². The Morgan fingerprint density at radius 2 is 1.88 bits per heavy atom. The van der Waals surface area contributed by atoms with E-state index in [9.17, 15) is 18.0 Å². The summed E-state index contributed by atoms with van der Waals surface area (Å²) < 4.78 is 27.4. The maximum atomic E-state index is 12.2. The van der Waals surface area contributed by atoms with Crippen molar-refractivity contribution in [3.05, 3.63) is 36.7 Å². The van der Waals surface area contributed by atoms with E-state index in [0.29, 0.717) is 5.69 Å². The molecule has 2 aromatic rings. The Bertz CT molecular complexity index is 875. The van der Waals surface area contributed by atoms with Crippen LogP contribution in [0, 0.1) is 0 Å². The second-order valence-corrected chi connectivity index (χ2v) is 8.25. The van der Waals surface area contributed by atoms with E-state index in [0.717, 1.165) is 12.1 Å². The van der Waals surface area contributed by atoms with Gasteiger partial charge in [0.05, 0.1) is 10.1 Å². The predicted molar refractivity (Wildman–Crippen MR) is 94.6 cm³/mol. The number of benzene rings is 1. The Morgan fingerprint density at radius 3 is 2.40 bits per heavy atom. The van der Waals surface area contributed by atoms with Gasteiger partial charge in [-0.15, -0.1) is 0 Å². The first-order chi connectivity index (χ1) is 11.7. The molecule has 2 N–H and O–H groups in total. The van der Waals surface area contributed by atoms with Gasteiger partial charge >= 0.3 is 0 Å². The lowest BCUT2D eigenvalue weighted by Crippen LogP contribution is -2.28. The first kappa shape index (κ1) is 19.0. The minimum absolute atomic E-state index is 0.0591. The summed E-state index contributed by atoms with van der Waals surface area (Å²) in [6.45, 7) is 2.87. The van der Waals surface area contributed by atoms with Crippen LogP contribution in [0.4, 0.5) is 5.69 Å². The number of nitrogens with one attached hydrogen (secondary N) is 2. The van der Waals surface area contributed by atoms with Crippen LogP contribution in [0.15, 0.2) is 46.7 Å². The van der Waals surface area contributed by atoms with Crippen LogP contribution in [0.1, 0.15) is 13.8 Å². The summed E-state index contributed by atoms with van der Waals surface area (Å²) in [6, 6.07) is 5.56. The monoisotopic (exact) mass is 382 g/mol. The smallest absolute Gasteiger partial charge is 0.264 e. The second-order valence-electron chi connectivity index (χ2n) is 5.26. The zero-order chi connectivity index (χ0) is 18.6. The molecule has 0 spiro atoms. The van der Waals surface area contributed by atoms with E-state index < -0.39 is 15.9 Å². The fourth-order valence-corrected chi connectivity index (χ4v) is 3.71. The number of nitrogens with zero attached hydrogens (tertiary/aromatic N) is 2. The number of anilines is 1. The lowest BCUT2D eigenvalue weighted by molar-refractivity contribution is -0.117. The molecule has 0 radical (unpaired) electrons. The molecule has 0 fully saturated rings. The molecule has 2 amide bonds. The lowest BCUT2D eigenvalue weighted by atomic mass is 10.3. The quantitative estimate of drug-likeness (QED) is 0.730. The molecule has 25 heavy (non-hydrogen) atoms. The zero-order valence-corrected chi connectivity index (χ0v) is 15.5. The Hall–Kier alpha value is -2.33. The minimum Gasteiger partial charge on any atom is -0.329 e. The summed E-state index contributed by atoms with van der Waals surface area (Å²) in [5.74, 6) is -0.900. The maximum absolute atomic E-state index is 12.2. The minimum atomic E-state index is -3.89. The standard InChI is InChI=1S/C15H18N4O4S2/c1-10(24-15-16-8-9-19(15)3)14(21)17-12-4-6-13(7-5-12)25(22,23)18-11(2)20/h4-10H,1-3H3,(H,17,21)(H,18,20). The van der Waals surface area contributed by atoms with Crippen molar-refractivity contribution < 1.29 is 18.0 Å². The highest BCUT2D eigenvalue weighted by molar-refractivity contribution is 8.00. The largest absolute Gasteiger partial charge is 0.329 e. The fourth-order valence-electron chi connectivity index (χ4n) is 1.89. The van der Waals surface area contributed by atoms with E-state index in [-0.39, 0.29) is 16.1 Å². The Labute approximate surface area is 150 Å². The molecule has 0 saturated heterocycles. The highest BCUT2D eigenvalue weighted by atomic mass is 32.2. The SMILES string of the molecule is CC(=O)NS(=O)(=O)c1ccc(NC(=O)C(C)Sc2nccn2C)cc1. The molecule has 1 aromatic carbocycles. The molecule has 0 aliphatic rings. The number of thioether (sulfide) groups is 1. The summed E-state index contributed by atoms with van der Waals surface area (Å²) in [7, 11) is -2.05. The van der Waals surface area contributed by atoms with Crippen LogP contribution in [0.25, 0.3) is 0 Å². The van der Waals surface area contributed by atoms with Gasteiger partial charge in [0, 0.05) is 32.1 Å². The Balaban J connectivity index is 2.02. The van der Waals surface area contributed by atoms with E-state index in [1.165, 1.54) is 36.0 Å². The molecular weight excluding hydrogens is 364 g/mol. The van der Waals surface area contributed by atoms with Crippen LogP contribution in [-0.2, 0) is 26.7 Å². The van der Waals surface area contributed by atoms with Crippen molar-refractivity contribution in [1.29, 1.82) is 0 Å². The van der Waals surface area contributed by atoms with Crippen molar-refractivity contribution in [2.24, 2.45) is 7.05 Å². The van der Waals surface area contributed by atoms with Crippen molar-refractivity contribution in [3.63, 3.8) is 0 Å². The lowest BCUT2D eigenvalue weighted by Gasteiger charge is -2.12. The van der Waals surface area contributed by atoms with Gasteiger partial charge in [-0.3, -0.25) is 9.59 Å². The third-order valence-electron chi connectivity index (χ3n) is 3.14. The average molecular weight is 382 g/mol. The third kappa shape index (κ3) is 5.07. The van der Waals surface area contributed by atoms with Crippen LogP contribution >= 0.6 is 11.8 Å². The Morgan fingerprint density at radius 1 is 1.24 bits per heavy atom. The number of rotatable bonds is 6. The molecule has 1 heterocycles. The molecule has 0 bridgehead atoms. The highest BCUT2D eigenvalue weighted by Gasteiger charge is 2.18. The highest BCUT2D eigenvalue weighted by Crippen LogP contribution is 2.22. The Kier molecular flexibility index (Phi) is 5.85. The van der Waals surface area contributed by atoms with Crippen molar-refractivity contribution in [1.82, 2.24) is 14.3 Å². The number of imidazole rings is 1. The van der Waals surface area contributed by atoms with Crippen LogP contribution in [0.3, 0.4) is 0 Å². The first-order valence-corrected chi connectivity index (χ1v) is 9.63. The van der Waals surface area contributed by atoms with Crippen molar-refractivity contribution in [3.8, 4) is 0 Å². The number of aryl methyl sites for hydroxylation is 1. The molecule has 1 atom stereocenters. The average Bonchev–Trinajstić information content (AvgIpc) is 2.91. The first-order valence-electron chi connectivity index (χ1n) is 7.27. The second kappa shape index (κ2) is 7.70. The normalized spacial score (nSPS) is 12.4. The summed E-state index contributed by atoms with van der Waals surface area (Å²) >= 11 is 1.31. The maximum Gasteiger partial charge on any atom is 0.264 e. The molecule has 0 saturated carbocycles. The molecular formula is C15H18N4O4S2. The predicted octanol–water partition coefficient (Wildman–Crippen LogP) is 1.36. The fraction of sp³-hybridized carbons (Fsp3) is 0.267. The van der Waals surface area contributed by atoms with Gasteiger partial charge < -0.3 is 9.88 Å². The van der Waals surface area contributed by atoms with E-state index in [4.69, 9.17) is 0 Å². The van der Waals surface area contributed by atoms with Gasteiger partial charge in [-0.05, 0) is 31.2 Å². The van der Waals surface area contributed by atoms with Crippen molar-refractivity contribution in [2.75, 3.05) is 5.32 Å². The van der Waals surface area contributed by atoms with Crippen LogP contribution in [0.5, 0.6) is 0 Å². The van der Waals surface area contributed by atoms with E-state index in [2.05, 4.69) is 10.3 Å². The van der Waals surface area contributed by atoms with E-state index in [1.807, 2.05) is 16.3 Å². The van der Waals surface area contributed by atoms with Crippen molar-refractivity contribution >= 4 is 39.3 Å². The number of sulfonamides is 1. The topological polar surface area (TPSA) is 110 Å². The number of carbonyl (C=O) groups excluding carboxylic acids is 2. The number of hydrogen-bond donors (Lipinski definition) is 2. The summed E-state index contributed by atoms with van der Waals surface area (Å²) in [5, 5.41) is 3.05. The molecule has 8 nitrogen and oxygen atoms in total. The summed E-state index contributed by atoms with van der Waals surface area (Å²) in [5.41, 5.74) is 0.457. The third-order valence-corrected chi connectivity index (χ3v) is 5.76. The van der Waals surface area contributed by atoms with Gasteiger partial charge in [0.25, 0.3) is 10.0 Å². The molecule has 134 valence electrons. The van der Waals surface area contributed by atoms with Crippen LogP contribution in [-0.4, -0.2) is 35.0 Å². The summed E-state index contributed by atoms with van der Waals surface area (Å²) in [4.78, 5) is 27.2. The molecule has 0 aliphatic heterocycles. The van der Waals surface area contributed by atoms with Crippen LogP contribution < -0.4 is 10.0 Å². The van der Waals surface area contributed by atoms with Crippen molar-refractivity contribution in [2.45, 2.75) is 29.1 Å². The molecule has 10 heteroatoms. The number of amides is 2. The van der Waals surface area contributed by atoms with E-state index >= 15 is 0 Å². The molecule has 1 aromatic heterocycles. The molecule has 1 unspecified atom stereocenters. The van der Waals surface area contributed by atoms with E-state index in [1.54, 1.807) is 19.3 Å². The number of carbonyl (C=O) groups is 2. The number of aromatic nitrogens is 2. The molecule has 2 rings (SSSR count). The molecule has 0 aliphatic carbocycles. The van der Waals surface area contributed by atoms with Gasteiger partial charge in [-0.25, -0.2) is 18.1 Å². The zero-order valence-electron chi connectivity index (χ0n) is 13.9. The van der Waals surface area contributed by atoms with Gasteiger partial charge in [0.15, 0.2) is 5.16 Å². The van der Waals surface area contributed by atoms with Gasteiger partial charge in [0.1, 0.15) is 0 Å². The number of hydrogen-bond acceptors (Lipinski definition) is 6. The van der Waals surface area contributed by atoms with Gasteiger partial charge in [0.2, 0.25) is 11.8 Å². The summed E-state index contributed by atoms with van der Waals surface area (Å²) in [6.07, 6.45) is 3.45. The van der Waals surface area contributed by atoms with Gasteiger partial charge in [-0.1, -0.05) is 11.8 Å².